The van der Waals surface area contributed by atoms with Crippen molar-refractivity contribution in [1.82, 2.24) is 14.9 Å². The van der Waals surface area contributed by atoms with E-state index in [1.54, 1.807) is 14.0 Å². The normalized spacial score (nSPS) is 9.76. The minimum absolute atomic E-state index is 0.0245. The third kappa shape index (κ3) is 6.79. The highest BCUT2D eigenvalue weighted by Crippen LogP contribution is 2.22. The van der Waals surface area contributed by atoms with Gasteiger partial charge in [-0.15, -0.1) is 0 Å². The van der Waals surface area contributed by atoms with E-state index in [2.05, 4.69) is 10.3 Å². The van der Waals surface area contributed by atoms with Crippen LogP contribution in [0.3, 0.4) is 0 Å². The molecule has 0 aliphatic carbocycles. The molecule has 7 nitrogen and oxygen atoms in total. The zero-order chi connectivity index (χ0) is 16.4. The number of hydrogen-bond donors (Lipinski definition) is 2. The van der Waals surface area contributed by atoms with Crippen LogP contribution in [0, 0.1) is 0 Å². The van der Waals surface area contributed by atoms with E-state index in [1.807, 2.05) is 6.92 Å². The van der Waals surface area contributed by atoms with E-state index >= 15 is 0 Å². The standard InChI is InChI=1S/C7H8Cl2N2O3.C5H11NO/c1-2-14-3-11-5(9)4(8)10-6(11)7(12)13;1-3-4-5(7)6-2/h2-3H2,1H3,(H,12,13);3-4H2,1-2H3,(H,6,7). The lowest BCUT2D eigenvalue weighted by Crippen LogP contribution is -2.16. The summed E-state index contributed by atoms with van der Waals surface area (Å²) in [5, 5.41) is 11.3. The van der Waals surface area contributed by atoms with Gasteiger partial charge in [-0.2, -0.15) is 0 Å². The van der Waals surface area contributed by atoms with E-state index < -0.39 is 5.97 Å². The molecule has 120 valence electrons. The summed E-state index contributed by atoms with van der Waals surface area (Å²) in [6.07, 6.45) is 1.58. The van der Waals surface area contributed by atoms with Gasteiger partial charge in [0.2, 0.25) is 11.7 Å². The van der Waals surface area contributed by atoms with Crippen LogP contribution in [0.4, 0.5) is 0 Å². The SMILES string of the molecule is CCCC(=O)NC.CCOCn1c(C(=O)O)nc(Cl)c1Cl. The molecule has 1 amide bonds. The van der Waals surface area contributed by atoms with Gasteiger partial charge in [0.15, 0.2) is 5.15 Å². The number of halogens is 2. The van der Waals surface area contributed by atoms with Crippen molar-refractivity contribution < 1.29 is 19.4 Å². The summed E-state index contributed by atoms with van der Waals surface area (Å²) in [5.41, 5.74) is 0. The Hall–Kier alpha value is -1.31. The molecule has 21 heavy (non-hydrogen) atoms. The lowest BCUT2D eigenvalue weighted by Gasteiger charge is -2.05. The Labute approximate surface area is 133 Å². The van der Waals surface area contributed by atoms with Crippen LogP contribution in [0.15, 0.2) is 0 Å². The molecule has 0 radical (unpaired) electrons. The van der Waals surface area contributed by atoms with Crippen molar-refractivity contribution in [2.45, 2.75) is 33.4 Å². The number of aromatic carboxylic acids is 1. The molecular weight excluding hydrogens is 321 g/mol. The van der Waals surface area contributed by atoms with E-state index in [0.717, 1.165) is 6.42 Å². The van der Waals surface area contributed by atoms with Crippen molar-refractivity contribution in [2.75, 3.05) is 13.7 Å². The number of carbonyl (C=O) groups is 2. The molecule has 0 fully saturated rings. The highest BCUT2D eigenvalue weighted by molar-refractivity contribution is 6.40. The number of hydrogen-bond acceptors (Lipinski definition) is 4. The molecular formula is C12H19Cl2N3O4. The fourth-order valence-electron chi connectivity index (χ4n) is 1.22. The Balaban J connectivity index is 0.000000486. The van der Waals surface area contributed by atoms with Crippen molar-refractivity contribution in [3.05, 3.63) is 16.1 Å². The molecule has 1 aromatic rings. The van der Waals surface area contributed by atoms with Crippen molar-refractivity contribution in [3.63, 3.8) is 0 Å². The van der Waals surface area contributed by atoms with E-state index in [0.29, 0.717) is 13.0 Å². The third-order valence-electron chi connectivity index (χ3n) is 2.24. The molecule has 0 saturated carbocycles. The number of amides is 1. The number of ether oxygens (including phenoxy) is 1. The minimum Gasteiger partial charge on any atom is -0.475 e. The second-order valence-corrected chi connectivity index (χ2v) is 4.51. The number of imidazole rings is 1. The van der Waals surface area contributed by atoms with Crippen molar-refractivity contribution in [2.24, 2.45) is 0 Å². The number of aromatic nitrogens is 2. The summed E-state index contributed by atoms with van der Waals surface area (Å²) in [4.78, 5) is 24.6. The number of carbonyl (C=O) groups excluding carboxylic acids is 1. The third-order valence-corrected chi connectivity index (χ3v) is 2.98. The maximum atomic E-state index is 10.7. The highest BCUT2D eigenvalue weighted by Gasteiger charge is 2.19. The average Bonchev–Trinajstić information content (AvgIpc) is 2.73. The second kappa shape index (κ2) is 10.4. The summed E-state index contributed by atoms with van der Waals surface area (Å²) >= 11 is 11.3. The smallest absolute Gasteiger partial charge is 0.372 e. The molecule has 0 spiro atoms. The monoisotopic (exact) mass is 339 g/mol. The van der Waals surface area contributed by atoms with Gasteiger partial charge in [0.1, 0.15) is 11.9 Å². The Morgan fingerprint density at radius 1 is 1.38 bits per heavy atom. The summed E-state index contributed by atoms with van der Waals surface area (Å²) in [5.74, 6) is -1.30. The topological polar surface area (TPSA) is 93.5 Å². The van der Waals surface area contributed by atoms with Crippen LogP contribution in [0.5, 0.6) is 0 Å². The quantitative estimate of drug-likeness (QED) is 0.829. The first-order valence-corrected chi connectivity index (χ1v) is 7.07. The molecule has 0 aliphatic heterocycles. The van der Waals surface area contributed by atoms with Crippen LogP contribution in [0.1, 0.15) is 37.3 Å². The predicted molar refractivity (Wildman–Crippen MR) is 79.8 cm³/mol. The second-order valence-electron chi connectivity index (χ2n) is 3.80. The van der Waals surface area contributed by atoms with Crippen LogP contribution < -0.4 is 5.32 Å². The van der Waals surface area contributed by atoms with Gasteiger partial charge >= 0.3 is 5.97 Å². The zero-order valence-corrected chi connectivity index (χ0v) is 13.7. The lowest BCUT2D eigenvalue weighted by molar-refractivity contribution is -0.120. The zero-order valence-electron chi connectivity index (χ0n) is 12.2. The molecule has 0 unspecified atom stereocenters. The number of nitrogens with one attached hydrogen (secondary N) is 1. The molecule has 0 atom stereocenters. The summed E-state index contributed by atoms with van der Waals surface area (Å²) in [6, 6.07) is 0. The van der Waals surface area contributed by atoms with Gasteiger partial charge in [-0.25, -0.2) is 9.78 Å². The van der Waals surface area contributed by atoms with Crippen molar-refractivity contribution in [3.8, 4) is 0 Å². The van der Waals surface area contributed by atoms with E-state index in [-0.39, 0.29) is 28.8 Å². The molecule has 0 bridgehead atoms. The van der Waals surface area contributed by atoms with E-state index in [9.17, 15) is 9.59 Å². The van der Waals surface area contributed by atoms with E-state index in [1.165, 1.54) is 4.57 Å². The van der Waals surface area contributed by atoms with Crippen molar-refractivity contribution in [1.29, 1.82) is 0 Å². The lowest BCUT2D eigenvalue weighted by atomic mass is 10.3. The first-order chi connectivity index (χ1) is 9.88. The molecule has 1 aromatic heterocycles. The molecule has 2 N–H and O–H groups in total. The molecule has 0 aliphatic rings. The fraction of sp³-hybridized carbons (Fsp3) is 0.583. The van der Waals surface area contributed by atoms with Crippen LogP contribution in [-0.2, 0) is 16.3 Å². The Morgan fingerprint density at radius 2 is 2.00 bits per heavy atom. The fourth-order valence-corrected chi connectivity index (χ4v) is 1.57. The van der Waals surface area contributed by atoms with Gasteiger partial charge in [0.05, 0.1) is 0 Å². The molecule has 0 aromatic carbocycles. The maximum Gasteiger partial charge on any atom is 0.372 e. The van der Waals surface area contributed by atoms with Crippen LogP contribution in [-0.4, -0.2) is 40.2 Å². The highest BCUT2D eigenvalue weighted by atomic mass is 35.5. The van der Waals surface area contributed by atoms with Crippen LogP contribution in [0.25, 0.3) is 0 Å². The average molecular weight is 340 g/mol. The first kappa shape index (κ1) is 19.7. The predicted octanol–water partition coefficient (Wildman–Crippen LogP) is 2.41. The molecule has 9 heteroatoms. The summed E-state index contributed by atoms with van der Waals surface area (Å²) < 4.78 is 6.21. The summed E-state index contributed by atoms with van der Waals surface area (Å²) in [6.45, 7) is 4.24. The van der Waals surface area contributed by atoms with Gasteiger partial charge in [0.25, 0.3) is 0 Å². The van der Waals surface area contributed by atoms with E-state index in [4.69, 9.17) is 33.0 Å². The Morgan fingerprint density at radius 3 is 2.38 bits per heavy atom. The van der Waals surface area contributed by atoms with Gasteiger partial charge in [-0.05, 0) is 13.3 Å². The summed E-state index contributed by atoms with van der Waals surface area (Å²) in [7, 11) is 1.65. The maximum absolute atomic E-state index is 10.7. The number of carboxylic acids is 1. The Kier molecular flexibility index (Phi) is 9.77. The van der Waals surface area contributed by atoms with Crippen molar-refractivity contribution >= 4 is 35.1 Å². The van der Waals surface area contributed by atoms with Gasteiger partial charge < -0.3 is 15.2 Å². The largest absolute Gasteiger partial charge is 0.475 e. The van der Waals surface area contributed by atoms with Gasteiger partial charge in [-0.1, -0.05) is 30.1 Å². The molecule has 0 saturated heterocycles. The van der Waals surface area contributed by atoms with Gasteiger partial charge in [-0.3, -0.25) is 9.36 Å². The number of rotatable bonds is 6. The van der Waals surface area contributed by atoms with Gasteiger partial charge in [0, 0.05) is 20.1 Å². The number of carboxylic acid groups (broad SMARTS) is 1. The molecule has 1 rings (SSSR count). The van der Waals surface area contributed by atoms with Crippen LogP contribution in [0.2, 0.25) is 10.3 Å². The Bertz CT molecular complexity index is 477. The van der Waals surface area contributed by atoms with Crippen LogP contribution >= 0.6 is 23.2 Å². The first-order valence-electron chi connectivity index (χ1n) is 6.32. The molecule has 1 heterocycles. The number of nitrogens with zero attached hydrogens (tertiary/aromatic N) is 2. The minimum atomic E-state index is -1.20.